The van der Waals surface area contributed by atoms with E-state index in [-0.39, 0.29) is 0 Å². The van der Waals surface area contributed by atoms with Crippen molar-refractivity contribution < 1.29 is 48.9 Å². The number of carboxylic acid groups (broad SMARTS) is 1. The van der Waals surface area contributed by atoms with Gasteiger partial charge in [-0.1, -0.05) is 0 Å². The third kappa shape index (κ3) is 12.0. The third-order valence-electron chi connectivity index (χ3n) is 1.50. The summed E-state index contributed by atoms with van der Waals surface area (Å²) in [6, 6.07) is 0. The summed E-state index contributed by atoms with van der Waals surface area (Å²) in [5, 5.41) is 10.5. The number of hydrogen-bond donors (Lipinski definition) is 0. The maximum absolute atomic E-state index is 10.5. The van der Waals surface area contributed by atoms with Crippen LogP contribution in [0.1, 0.15) is 6.42 Å². The lowest BCUT2D eigenvalue weighted by atomic mass is 10.3. The summed E-state index contributed by atoms with van der Waals surface area (Å²) in [6.07, 6.45) is -2.19. The Kier molecular flexibility index (Phi) is 7.35. The van der Waals surface area contributed by atoms with Crippen LogP contribution in [0.2, 0.25) is 0 Å². The topological polar surface area (TPSA) is 182 Å². The van der Waals surface area contributed by atoms with Crippen LogP contribution in [0.4, 0.5) is 0 Å². The second kappa shape index (κ2) is 7.68. The molecule has 0 aromatic carbocycles. The monoisotopic (exact) mass is 321 g/mol. The van der Waals surface area contributed by atoms with Gasteiger partial charge in [0, 0.05) is 6.42 Å². The molecule has 0 fully saturated rings. The molecular weight excluding hydrogens is 312 g/mol. The summed E-state index contributed by atoms with van der Waals surface area (Å²) in [6.45, 7) is -2.06. The zero-order chi connectivity index (χ0) is 15.1. The first-order chi connectivity index (χ1) is 8.51. The van der Waals surface area contributed by atoms with Crippen LogP contribution in [0, 0.1) is 0 Å². The predicted octanol–water partition coefficient (Wildman–Crippen LogP) is -3.53. The van der Waals surface area contributed by atoms with Crippen LogP contribution >= 0.6 is 0 Å². The van der Waals surface area contributed by atoms with Crippen LogP contribution in [-0.4, -0.2) is 57.8 Å². The van der Waals surface area contributed by atoms with Gasteiger partial charge in [-0.05, 0) is 0 Å². The molecule has 1 atom stereocenters. The molecule has 0 saturated carbocycles. The van der Waals surface area contributed by atoms with Crippen molar-refractivity contribution >= 4 is 26.8 Å². The molecule has 11 nitrogen and oxygen atoms in total. The summed E-state index contributed by atoms with van der Waals surface area (Å²) < 4.78 is 72.2. The molecule has 0 radical (unpaired) electrons. The number of aliphatic carboxylic acids is 1. The molecule has 0 N–H and O–H groups in total. The molecule has 0 amide bonds. The SMILES string of the molecule is O=C([O-])C(CCOS(=O)(=O)[O-])OCCOS(=O)(=O)[O-]. The van der Waals surface area contributed by atoms with Crippen molar-refractivity contribution in [2.45, 2.75) is 12.5 Å². The highest BCUT2D eigenvalue weighted by molar-refractivity contribution is 7.81. The van der Waals surface area contributed by atoms with Crippen molar-refractivity contribution in [2.24, 2.45) is 0 Å². The van der Waals surface area contributed by atoms with E-state index >= 15 is 0 Å². The highest BCUT2D eigenvalue weighted by Crippen LogP contribution is 2.00. The molecule has 0 heterocycles. The first-order valence-corrected chi connectivity index (χ1v) is 7.21. The first-order valence-electron chi connectivity index (χ1n) is 4.54. The first kappa shape index (κ1) is 18.2. The van der Waals surface area contributed by atoms with E-state index in [0.717, 1.165) is 0 Å². The minimum atomic E-state index is -4.95. The lowest BCUT2D eigenvalue weighted by Gasteiger charge is -2.19. The minimum absolute atomic E-state index is 0.534. The number of carbonyl (C=O) groups excluding carboxylic acids is 1. The summed E-state index contributed by atoms with van der Waals surface area (Å²) >= 11 is 0. The Morgan fingerprint density at radius 2 is 1.42 bits per heavy atom. The predicted molar refractivity (Wildman–Crippen MR) is 50.7 cm³/mol. The fraction of sp³-hybridized carbons (Fsp3) is 0.833. The molecule has 13 heteroatoms. The van der Waals surface area contributed by atoms with Gasteiger partial charge in [-0.2, -0.15) is 0 Å². The Balaban J connectivity index is 4.04. The Morgan fingerprint density at radius 3 is 1.84 bits per heavy atom. The van der Waals surface area contributed by atoms with Crippen molar-refractivity contribution in [3.05, 3.63) is 0 Å². The van der Waals surface area contributed by atoms with Crippen molar-refractivity contribution in [1.29, 1.82) is 0 Å². The van der Waals surface area contributed by atoms with Crippen LogP contribution in [0.5, 0.6) is 0 Å². The highest BCUT2D eigenvalue weighted by Gasteiger charge is 2.11. The molecule has 0 aromatic rings. The fourth-order valence-corrected chi connectivity index (χ4v) is 1.43. The molecule has 19 heavy (non-hydrogen) atoms. The smallest absolute Gasteiger partial charge is 0.217 e. The van der Waals surface area contributed by atoms with E-state index in [0.29, 0.717) is 0 Å². The van der Waals surface area contributed by atoms with Crippen molar-refractivity contribution in [2.75, 3.05) is 19.8 Å². The quantitative estimate of drug-likeness (QED) is 0.220. The standard InChI is InChI=1S/C6H12O11S2/c7-6(8)5(1-2-16-18(9,10)11)15-3-4-17-19(12,13)14/h5H,1-4H2,(H,7,8)(H,9,10,11)(H,12,13,14)/p-3. The zero-order valence-corrected chi connectivity index (χ0v) is 10.8. The van der Waals surface area contributed by atoms with E-state index in [1.54, 1.807) is 0 Å². The van der Waals surface area contributed by atoms with Gasteiger partial charge in [0.25, 0.3) is 0 Å². The van der Waals surface area contributed by atoms with Crippen LogP contribution in [0.3, 0.4) is 0 Å². The maximum Gasteiger partial charge on any atom is 0.217 e. The molecule has 0 spiro atoms. The van der Waals surface area contributed by atoms with Gasteiger partial charge >= 0.3 is 0 Å². The minimum Gasteiger partial charge on any atom is -0.726 e. The molecule has 1 unspecified atom stereocenters. The lowest BCUT2D eigenvalue weighted by molar-refractivity contribution is -0.317. The molecular formula is C6H9O11S2-3. The number of carboxylic acids is 1. The van der Waals surface area contributed by atoms with Gasteiger partial charge in [-0.25, -0.2) is 16.8 Å². The largest absolute Gasteiger partial charge is 0.726 e. The lowest BCUT2D eigenvalue weighted by Crippen LogP contribution is -2.39. The summed E-state index contributed by atoms with van der Waals surface area (Å²) in [5.41, 5.74) is 0. The van der Waals surface area contributed by atoms with E-state index in [4.69, 9.17) is 0 Å². The number of carbonyl (C=O) groups is 1. The average molecular weight is 321 g/mol. The van der Waals surface area contributed by atoms with Gasteiger partial charge in [0.1, 0.15) is 0 Å². The molecule has 0 bridgehead atoms. The Bertz CT molecular complexity index is 477. The van der Waals surface area contributed by atoms with E-state index in [2.05, 4.69) is 13.1 Å². The second-order valence-corrected chi connectivity index (χ2v) is 5.03. The van der Waals surface area contributed by atoms with E-state index < -0.39 is 59.1 Å². The normalized spacial score (nSPS) is 14.2. The van der Waals surface area contributed by atoms with E-state index in [1.807, 2.05) is 0 Å². The van der Waals surface area contributed by atoms with E-state index in [1.165, 1.54) is 0 Å². The van der Waals surface area contributed by atoms with Crippen LogP contribution in [-0.2, 0) is 38.7 Å². The Morgan fingerprint density at radius 1 is 0.947 bits per heavy atom. The third-order valence-corrected chi connectivity index (χ3v) is 2.41. The van der Waals surface area contributed by atoms with Crippen molar-refractivity contribution in [1.82, 2.24) is 0 Å². The molecule has 0 aromatic heterocycles. The second-order valence-electron chi connectivity index (χ2n) is 2.93. The van der Waals surface area contributed by atoms with Gasteiger partial charge < -0.3 is 23.7 Å². The zero-order valence-electron chi connectivity index (χ0n) is 9.21. The van der Waals surface area contributed by atoms with Gasteiger partial charge in [-0.15, -0.1) is 0 Å². The molecule has 0 aliphatic rings. The van der Waals surface area contributed by atoms with Crippen molar-refractivity contribution in [3.8, 4) is 0 Å². The highest BCUT2D eigenvalue weighted by atomic mass is 32.3. The Hall–Kier alpha value is -0.830. The molecule has 0 rings (SSSR count). The average Bonchev–Trinajstić information content (AvgIpc) is 2.17. The molecule has 0 aliphatic heterocycles. The van der Waals surface area contributed by atoms with Crippen LogP contribution < -0.4 is 5.11 Å². The summed E-state index contributed by atoms with van der Waals surface area (Å²) in [5.74, 6) is -1.74. The van der Waals surface area contributed by atoms with Crippen LogP contribution in [0.25, 0.3) is 0 Å². The van der Waals surface area contributed by atoms with Gasteiger partial charge in [0.2, 0.25) is 20.8 Å². The Labute approximate surface area is 109 Å². The van der Waals surface area contributed by atoms with Gasteiger partial charge in [0.15, 0.2) is 0 Å². The summed E-state index contributed by atoms with van der Waals surface area (Å²) in [7, 11) is -9.87. The molecule has 0 saturated heterocycles. The number of rotatable bonds is 10. The van der Waals surface area contributed by atoms with Crippen molar-refractivity contribution in [3.63, 3.8) is 0 Å². The maximum atomic E-state index is 10.5. The summed E-state index contributed by atoms with van der Waals surface area (Å²) in [4.78, 5) is 10.5. The number of hydrogen-bond acceptors (Lipinski definition) is 11. The fourth-order valence-electron chi connectivity index (χ4n) is 0.853. The number of ether oxygens (including phenoxy) is 1. The van der Waals surface area contributed by atoms with Gasteiger partial charge in [-0.3, -0.25) is 8.37 Å². The van der Waals surface area contributed by atoms with E-state index in [9.17, 15) is 35.8 Å². The van der Waals surface area contributed by atoms with Gasteiger partial charge in [0.05, 0.1) is 31.9 Å². The van der Waals surface area contributed by atoms with Crippen LogP contribution in [0.15, 0.2) is 0 Å². The molecule has 114 valence electrons. The molecule has 0 aliphatic carbocycles.